The normalized spacial score (nSPS) is 11.3. The van der Waals surface area contributed by atoms with E-state index in [2.05, 4.69) is 21.2 Å². The van der Waals surface area contributed by atoms with Crippen LogP contribution in [0.2, 0.25) is 0 Å². The molecule has 0 aliphatic carbocycles. The van der Waals surface area contributed by atoms with E-state index in [-0.39, 0.29) is 24.4 Å². The molecule has 0 radical (unpaired) electrons. The van der Waals surface area contributed by atoms with Gasteiger partial charge in [0, 0.05) is 16.9 Å². The van der Waals surface area contributed by atoms with Crippen molar-refractivity contribution in [2.24, 2.45) is 5.73 Å². The third-order valence-electron chi connectivity index (χ3n) is 2.33. The van der Waals surface area contributed by atoms with Crippen LogP contribution in [0.4, 0.5) is 0 Å². The molecule has 3 N–H and O–H groups in total. The summed E-state index contributed by atoms with van der Waals surface area (Å²) in [5.41, 5.74) is 5.58. The van der Waals surface area contributed by atoms with Gasteiger partial charge in [-0.3, -0.25) is 4.79 Å². The van der Waals surface area contributed by atoms with E-state index in [4.69, 9.17) is 10.5 Å². The van der Waals surface area contributed by atoms with Crippen LogP contribution in [-0.2, 0) is 4.79 Å². The predicted octanol–water partition coefficient (Wildman–Crippen LogP) is 2.49. The van der Waals surface area contributed by atoms with Gasteiger partial charge in [0.25, 0.3) is 0 Å². The van der Waals surface area contributed by atoms with Crippen LogP contribution >= 0.6 is 28.3 Å². The second kappa shape index (κ2) is 10.1. The molecule has 0 spiro atoms. The Kier molecular flexibility index (Phi) is 9.65. The summed E-state index contributed by atoms with van der Waals surface area (Å²) >= 11 is 3.35. The van der Waals surface area contributed by atoms with E-state index in [1.807, 2.05) is 31.2 Å². The molecule has 1 aromatic carbocycles. The maximum Gasteiger partial charge on any atom is 0.220 e. The smallest absolute Gasteiger partial charge is 0.220 e. The number of benzene rings is 1. The molecule has 1 unspecified atom stereocenters. The fourth-order valence-corrected chi connectivity index (χ4v) is 1.60. The van der Waals surface area contributed by atoms with Crippen LogP contribution in [-0.4, -0.2) is 25.1 Å². The Hall–Kier alpha value is -0.780. The van der Waals surface area contributed by atoms with Crippen molar-refractivity contribution in [3.63, 3.8) is 0 Å². The van der Waals surface area contributed by atoms with Gasteiger partial charge in [-0.15, -0.1) is 12.4 Å². The number of ether oxygens (including phenoxy) is 1. The van der Waals surface area contributed by atoms with Crippen LogP contribution in [0.3, 0.4) is 0 Å². The molecule has 0 saturated carbocycles. The molecule has 0 aliphatic rings. The highest BCUT2D eigenvalue weighted by Gasteiger charge is 2.02. The topological polar surface area (TPSA) is 64.4 Å². The minimum atomic E-state index is 0. The van der Waals surface area contributed by atoms with Crippen molar-refractivity contribution in [3.05, 3.63) is 28.7 Å². The second-order valence-electron chi connectivity index (χ2n) is 4.17. The van der Waals surface area contributed by atoms with E-state index in [9.17, 15) is 4.79 Å². The Morgan fingerprint density at radius 1 is 1.42 bits per heavy atom. The van der Waals surface area contributed by atoms with Crippen molar-refractivity contribution in [1.82, 2.24) is 5.32 Å². The van der Waals surface area contributed by atoms with Gasteiger partial charge in [-0.1, -0.05) is 15.9 Å². The second-order valence-corrected chi connectivity index (χ2v) is 5.08. The highest BCUT2D eigenvalue weighted by Crippen LogP contribution is 2.15. The van der Waals surface area contributed by atoms with E-state index in [0.717, 1.165) is 10.2 Å². The molecule has 6 heteroatoms. The molecule has 1 amide bonds. The molecule has 108 valence electrons. The summed E-state index contributed by atoms with van der Waals surface area (Å²) in [6.45, 7) is 2.86. The standard InChI is InChI=1S/C13H19BrN2O2.ClH/c1-10(15)2-7-13(17)16-8-9-18-12-5-3-11(14)4-6-12;/h3-6,10H,2,7-9,15H2,1H3,(H,16,17);1H. The average Bonchev–Trinajstić information content (AvgIpc) is 2.34. The summed E-state index contributed by atoms with van der Waals surface area (Å²) in [5.74, 6) is 0.815. The molecule has 0 fully saturated rings. The van der Waals surface area contributed by atoms with Crippen molar-refractivity contribution < 1.29 is 9.53 Å². The van der Waals surface area contributed by atoms with Crippen LogP contribution in [0.15, 0.2) is 28.7 Å². The zero-order valence-corrected chi connectivity index (χ0v) is 13.3. The first-order chi connectivity index (χ1) is 8.58. The third kappa shape index (κ3) is 8.86. The fraction of sp³-hybridized carbons (Fsp3) is 0.462. The molecule has 1 rings (SSSR count). The first-order valence-corrected chi connectivity index (χ1v) is 6.78. The van der Waals surface area contributed by atoms with Gasteiger partial charge < -0.3 is 15.8 Å². The fourth-order valence-electron chi connectivity index (χ4n) is 1.34. The molecule has 19 heavy (non-hydrogen) atoms. The summed E-state index contributed by atoms with van der Waals surface area (Å²) in [5, 5.41) is 2.79. The molecule has 4 nitrogen and oxygen atoms in total. The first-order valence-electron chi connectivity index (χ1n) is 5.98. The molecule has 1 aromatic rings. The van der Waals surface area contributed by atoms with E-state index in [1.165, 1.54) is 0 Å². The molecular weight excluding hydrogens is 332 g/mol. The van der Waals surface area contributed by atoms with Crippen LogP contribution in [0, 0.1) is 0 Å². The summed E-state index contributed by atoms with van der Waals surface area (Å²) < 4.78 is 6.49. The minimum absolute atomic E-state index is 0. The molecule has 0 heterocycles. The number of rotatable bonds is 7. The quantitative estimate of drug-likeness (QED) is 0.742. The number of carbonyl (C=O) groups is 1. The molecule has 1 atom stereocenters. The highest BCUT2D eigenvalue weighted by molar-refractivity contribution is 9.10. The number of halogens is 2. The van der Waals surface area contributed by atoms with Gasteiger partial charge in [-0.05, 0) is 37.6 Å². The SMILES string of the molecule is CC(N)CCC(=O)NCCOc1ccc(Br)cc1.Cl. The average molecular weight is 352 g/mol. The van der Waals surface area contributed by atoms with Crippen LogP contribution in [0.25, 0.3) is 0 Å². The lowest BCUT2D eigenvalue weighted by Crippen LogP contribution is -2.29. The zero-order chi connectivity index (χ0) is 13.4. The number of amides is 1. The third-order valence-corrected chi connectivity index (χ3v) is 2.86. The molecule has 0 aliphatic heterocycles. The van der Waals surface area contributed by atoms with Crippen molar-refractivity contribution >= 4 is 34.2 Å². The Balaban J connectivity index is 0.00000324. The lowest BCUT2D eigenvalue weighted by Gasteiger charge is -2.08. The Labute approximate surface area is 128 Å². The number of nitrogens with two attached hydrogens (primary N) is 1. The number of hydrogen-bond donors (Lipinski definition) is 2. The number of nitrogens with one attached hydrogen (secondary N) is 1. The predicted molar refractivity (Wildman–Crippen MR) is 82.8 cm³/mol. The minimum Gasteiger partial charge on any atom is -0.492 e. The summed E-state index contributed by atoms with van der Waals surface area (Å²) in [4.78, 5) is 11.4. The molecule has 0 saturated heterocycles. The maximum absolute atomic E-state index is 11.4. The van der Waals surface area contributed by atoms with Crippen molar-refractivity contribution in [1.29, 1.82) is 0 Å². The summed E-state index contributed by atoms with van der Waals surface area (Å²) in [7, 11) is 0. The first kappa shape index (κ1) is 18.2. The Bertz CT molecular complexity index is 371. The lowest BCUT2D eigenvalue weighted by atomic mass is 10.2. The maximum atomic E-state index is 11.4. The van der Waals surface area contributed by atoms with Gasteiger partial charge in [0.2, 0.25) is 5.91 Å². The van der Waals surface area contributed by atoms with Gasteiger partial charge in [-0.2, -0.15) is 0 Å². The molecular formula is C13H20BrClN2O2. The van der Waals surface area contributed by atoms with E-state index in [1.54, 1.807) is 0 Å². The van der Waals surface area contributed by atoms with Gasteiger partial charge in [0.15, 0.2) is 0 Å². The van der Waals surface area contributed by atoms with Crippen LogP contribution in [0.5, 0.6) is 5.75 Å². The van der Waals surface area contributed by atoms with Crippen molar-refractivity contribution in [2.45, 2.75) is 25.8 Å². The highest BCUT2D eigenvalue weighted by atomic mass is 79.9. The number of hydrogen-bond acceptors (Lipinski definition) is 3. The van der Waals surface area contributed by atoms with Gasteiger partial charge in [0.1, 0.15) is 12.4 Å². The Morgan fingerprint density at radius 3 is 2.63 bits per heavy atom. The zero-order valence-electron chi connectivity index (χ0n) is 10.9. The summed E-state index contributed by atoms with van der Waals surface area (Å²) in [6.07, 6.45) is 1.18. The van der Waals surface area contributed by atoms with E-state index in [0.29, 0.717) is 26.0 Å². The summed E-state index contributed by atoms with van der Waals surface area (Å²) in [6, 6.07) is 7.65. The van der Waals surface area contributed by atoms with Gasteiger partial charge in [-0.25, -0.2) is 0 Å². The van der Waals surface area contributed by atoms with Crippen LogP contribution in [0.1, 0.15) is 19.8 Å². The Morgan fingerprint density at radius 2 is 2.05 bits per heavy atom. The monoisotopic (exact) mass is 350 g/mol. The van der Waals surface area contributed by atoms with E-state index >= 15 is 0 Å². The van der Waals surface area contributed by atoms with Gasteiger partial charge in [0.05, 0.1) is 6.54 Å². The largest absolute Gasteiger partial charge is 0.492 e. The lowest BCUT2D eigenvalue weighted by molar-refractivity contribution is -0.121. The van der Waals surface area contributed by atoms with E-state index < -0.39 is 0 Å². The molecule has 0 bridgehead atoms. The van der Waals surface area contributed by atoms with Crippen molar-refractivity contribution in [3.8, 4) is 5.75 Å². The number of carbonyl (C=O) groups excluding carboxylic acids is 1. The van der Waals surface area contributed by atoms with Crippen molar-refractivity contribution in [2.75, 3.05) is 13.2 Å². The van der Waals surface area contributed by atoms with Gasteiger partial charge >= 0.3 is 0 Å². The molecule has 0 aromatic heterocycles. The van der Waals surface area contributed by atoms with Crippen LogP contribution < -0.4 is 15.8 Å².